The fourth-order valence-corrected chi connectivity index (χ4v) is 2.28. The molecule has 7 heteroatoms. The standard InChI is InChI=1S/C20H35N3O3.HI/c1-5-7-12-25-13-11-22-20(21-6-2)23-15-19(24)17-9-8-10-18(14-17)26-16(3)4;/h8-10,14,16,19,24H,5-7,11-13,15H2,1-4H3,(H2,21,22,23);1H. The highest BCUT2D eigenvalue weighted by molar-refractivity contribution is 14.0. The number of aliphatic hydroxyl groups is 1. The molecule has 0 bridgehead atoms. The molecule has 1 rings (SSSR count). The van der Waals surface area contributed by atoms with Crippen LogP contribution in [0.5, 0.6) is 5.75 Å². The van der Waals surface area contributed by atoms with Gasteiger partial charge in [-0.2, -0.15) is 0 Å². The van der Waals surface area contributed by atoms with Gasteiger partial charge in [0.25, 0.3) is 0 Å². The van der Waals surface area contributed by atoms with Crippen molar-refractivity contribution in [3.63, 3.8) is 0 Å². The highest BCUT2D eigenvalue weighted by Gasteiger charge is 2.09. The molecule has 6 nitrogen and oxygen atoms in total. The Morgan fingerprint density at radius 3 is 2.63 bits per heavy atom. The number of aliphatic hydroxyl groups excluding tert-OH is 1. The number of halogens is 1. The van der Waals surface area contributed by atoms with Crippen molar-refractivity contribution in [3.8, 4) is 5.75 Å². The summed E-state index contributed by atoms with van der Waals surface area (Å²) >= 11 is 0. The van der Waals surface area contributed by atoms with Crippen LogP contribution >= 0.6 is 24.0 Å². The average Bonchev–Trinajstić information content (AvgIpc) is 2.61. The van der Waals surface area contributed by atoms with Gasteiger partial charge in [0, 0.05) is 19.7 Å². The highest BCUT2D eigenvalue weighted by atomic mass is 127. The van der Waals surface area contributed by atoms with E-state index in [1.54, 1.807) is 0 Å². The van der Waals surface area contributed by atoms with Crippen LogP contribution < -0.4 is 15.4 Å². The van der Waals surface area contributed by atoms with Crippen LogP contribution in [0.15, 0.2) is 29.3 Å². The van der Waals surface area contributed by atoms with Crippen molar-refractivity contribution in [2.24, 2.45) is 4.99 Å². The van der Waals surface area contributed by atoms with Crippen molar-refractivity contribution in [2.45, 2.75) is 52.7 Å². The first kappa shape index (κ1) is 25.9. The van der Waals surface area contributed by atoms with Gasteiger partial charge in [0.15, 0.2) is 5.96 Å². The zero-order valence-corrected chi connectivity index (χ0v) is 19.4. The van der Waals surface area contributed by atoms with Crippen molar-refractivity contribution in [2.75, 3.05) is 32.8 Å². The van der Waals surface area contributed by atoms with E-state index >= 15 is 0 Å². The summed E-state index contributed by atoms with van der Waals surface area (Å²) in [6.07, 6.45) is 1.64. The van der Waals surface area contributed by atoms with Crippen molar-refractivity contribution in [1.29, 1.82) is 0 Å². The first-order valence-electron chi connectivity index (χ1n) is 9.61. The zero-order valence-electron chi connectivity index (χ0n) is 17.0. The molecule has 27 heavy (non-hydrogen) atoms. The molecule has 1 atom stereocenters. The summed E-state index contributed by atoms with van der Waals surface area (Å²) in [4.78, 5) is 4.46. The molecule has 0 aliphatic carbocycles. The fraction of sp³-hybridized carbons (Fsp3) is 0.650. The quantitative estimate of drug-likeness (QED) is 0.180. The predicted molar refractivity (Wildman–Crippen MR) is 122 cm³/mol. The third-order valence-electron chi connectivity index (χ3n) is 3.56. The van der Waals surface area contributed by atoms with Gasteiger partial charge in [-0.05, 0) is 44.9 Å². The number of hydrogen-bond acceptors (Lipinski definition) is 4. The van der Waals surface area contributed by atoms with Crippen molar-refractivity contribution in [3.05, 3.63) is 29.8 Å². The Labute approximate surface area is 181 Å². The van der Waals surface area contributed by atoms with E-state index in [0.29, 0.717) is 19.1 Å². The molecule has 0 aromatic heterocycles. The van der Waals surface area contributed by atoms with E-state index in [0.717, 1.165) is 37.3 Å². The summed E-state index contributed by atoms with van der Waals surface area (Å²) in [5, 5.41) is 16.8. The van der Waals surface area contributed by atoms with E-state index in [-0.39, 0.29) is 36.6 Å². The molecule has 0 saturated carbocycles. The van der Waals surface area contributed by atoms with Gasteiger partial charge in [0.1, 0.15) is 5.75 Å². The average molecular weight is 493 g/mol. The molecule has 1 unspecified atom stereocenters. The smallest absolute Gasteiger partial charge is 0.191 e. The maximum absolute atomic E-state index is 10.4. The molecule has 1 aromatic carbocycles. The highest BCUT2D eigenvalue weighted by Crippen LogP contribution is 2.20. The minimum atomic E-state index is -0.679. The summed E-state index contributed by atoms with van der Waals surface area (Å²) in [5.41, 5.74) is 0.797. The molecule has 3 N–H and O–H groups in total. The maximum Gasteiger partial charge on any atom is 0.191 e. The summed E-state index contributed by atoms with van der Waals surface area (Å²) in [7, 11) is 0. The molecule has 1 aromatic rings. The molecular weight excluding hydrogens is 457 g/mol. The first-order chi connectivity index (χ1) is 12.6. The molecular formula is C20H36IN3O3. The van der Waals surface area contributed by atoms with Gasteiger partial charge in [0.05, 0.1) is 25.4 Å². The third kappa shape index (κ3) is 12.1. The number of nitrogens with one attached hydrogen (secondary N) is 2. The number of nitrogens with zero attached hydrogens (tertiary/aromatic N) is 1. The van der Waals surface area contributed by atoms with E-state index < -0.39 is 6.10 Å². The Hall–Kier alpha value is -1.06. The van der Waals surface area contributed by atoms with E-state index in [1.807, 2.05) is 45.0 Å². The predicted octanol–water partition coefficient (Wildman–Crippen LogP) is 3.50. The van der Waals surface area contributed by atoms with Crippen LogP contribution in [0.4, 0.5) is 0 Å². The van der Waals surface area contributed by atoms with E-state index in [2.05, 4.69) is 22.5 Å². The number of guanidine groups is 1. The van der Waals surface area contributed by atoms with Crippen LogP contribution in [0.3, 0.4) is 0 Å². The van der Waals surface area contributed by atoms with Gasteiger partial charge in [-0.1, -0.05) is 25.5 Å². The fourth-order valence-electron chi connectivity index (χ4n) is 2.28. The Kier molecular flexibility index (Phi) is 15.3. The lowest BCUT2D eigenvalue weighted by atomic mass is 10.1. The molecule has 0 radical (unpaired) electrons. The lowest BCUT2D eigenvalue weighted by Crippen LogP contribution is -2.39. The van der Waals surface area contributed by atoms with Crippen molar-refractivity contribution in [1.82, 2.24) is 10.6 Å². The van der Waals surface area contributed by atoms with E-state index in [4.69, 9.17) is 9.47 Å². The van der Waals surface area contributed by atoms with Crippen molar-refractivity contribution >= 4 is 29.9 Å². The van der Waals surface area contributed by atoms with E-state index in [1.165, 1.54) is 0 Å². The summed E-state index contributed by atoms with van der Waals surface area (Å²) < 4.78 is 11.2. The first-order valence-corrected chi connectivity index (χ1v) is 9.61. The molecule has 0 heterocycles. The topological polar surface area (TPSA) is 75.1 Å². The van der Waals surface area contributed by atoms with Crippen LogP contribution in [-0.4, -0.2) is 50.0 Å². The largest absolute Gasteiger partial charge is 0.491 e. The molecule has 0 amide bonds. The number of unbranched alkanes of at least 4 members (excludes halogenated alkanes) is 1. The molecule has 0 aliphatic rings. The Morgan fingerprint density at radius 2 is 1.96 bits per heavy atom. The maximum atomic E-state index is 10.4. The third-order valence-corrected chi connectivity index (χ3v) is 3.56. The Morgan fingerprint density at radius 1 is 1.19 bits per heavy atom. The number of benzene rings is 1. The van der Waals surface area contributed by atoms with Crippen LogP contribution in [0.1, 0.15) is 52.2 Å². The second kappa shape index (κ2) is 15.9. The number of ether oxygens (including phenoxy) is 2. The number of hydrogen-bond donors (Lipinski definition) is 3. The molecule has 0 spiro atoms. The Balaban J connectivity index is 0.00000676. The minimum absolute atomic E-state index is 0. The number of rotatable bonds is 12. The molecule has 0 saturated heterocycles. The molecule has 0 aliphatic heterocycles. The molecule has 156 valence electrons. The zero-order chi connectivity index (χ0) is 19.2. The summed E-state index contributed by atoms with van der Waals surface area (Å²) in [6, 6.07) is 7.53. The normalized spacial score (nSPS) is 12.4. The summed E-state index contributed by atoms with van der Waals surface area (Å²) in [5.74, 6) is 1.44. The van der Waals surface area contributed by atoms with Crippen LogP contribution in [0.2, 0.25) is 0 Å². The summed E-state index contributed by atoms with van der Waals surface area (Å²) in [6.45, 7) is 11.3. The Bertz CT molecular complexity index is 527. The van der Waals surface area contributed by atoms with Crippen LogP contribution in [0, 0.1) is 0 Å². The number of aliphatic imine (C=N–C) groups is 1. The SMILES string of the molecule is CCCCOCCNC(=NCC(O)c1cccc(OC(C)C)c1)NCC.I. The van der Waals surface area contributed by atoms with Gasteiger partial charge in [-0.25, -0.2) is 0 Å². The minimum Gasteiger partial charge on any atom is -0.491 e. The second-order valence-corrected chi connectivity index (χ2v) is 6.37. The second-order valence-electron chi connectivity index (χ2n) is 6.37. The molecule has 0 fully saturated rings. The van der Waals surface area contributed by atoms with E-state index in [9.17, 15) is 5.11 Å². The van der Waals surface area contributed by atoms with Gasteiger partial charge in [0.2, 0.25) is 0 Å². The van der Waals surface area contributed by atoms with Crippen LogP contribution in [0.25, 0.3) is 0 Å². The van der Waals surface area contributed by atoms with Gasteiger partial charge >= 0.3 is 0 Å². The lowest BCUT2D eigenvalue weighted by Gasteiger charge is -2.15. The van der Waals surface area contributed by atoms with Crippen LogP contribution in [-0.2, 0) is 4.74 Å². The monoisotopic (exact) mass is 493 g/mol. The van der Waals surface area contributed by atoms with Gasteiger partial charge < -0.3 is 25.2 Å². The lowest BCUT2D eigenvalue weighted by molar-refractivity contribution is 0.136. The van der Waals surface area contributed by atoms with Crippen molar-refractivity contribution < 1.29 is 14.6 Å². The van der Waals surface area contributed by atoms with Gasteiger partial charge in [-0.3, -0.25) is 4.99 Å². The van der Waals surface area contributed by atoms with Gasteiger partial charge in [-0.15, -0.1) is 24.0 Å².